The molecule has 1 aromatic carbocycles. The lowest BCUT2D eigenvalue weighted by atomic mass is 9.92. The maximum atomic E-state index is 12.1. The van der Waals surface area contributed by atoms with E-state index in [2.05, 4.69) is 17.6 Å². The maximum absolute atomic E-state index is 12.1. The fourth-order valence-electron chi connectivity index (χ4n) is 2.36. The van der Waals surface area contributed by atoms with E-state index in [1.807, 2.05) is 0 Å². The molecule has 6 heteroatoms. The van der Waals surface area contributed by atoms with Crippen LogP contribution in [0.4, 0.5) is 5.69 Å². The Morgan fingerprint density at radius 2 is 2.15 bits per heavy atom. The van der Waals surface area contributed by atoms with Crippen molar-refractivity contribution >= 4 is 29.9 Å². The van der Waals surface area contributed by atoms with Crippen LogP contribution in [0.5, 0.6) is 0 Å². The van der Waals surface area contributed by atoms with Gasteiger partial charge in [0.25, 0.3) is 0 Å². The van der Waals surface area contributed by atoms with Crippen molar-refractivity contribution in [2.75, 3.05) is 11.9 Å². The number of amides is 2. The fraction of sp³-hybridized carbons (Fsp3) is 0.429. The number of hydrogen-bond donors (Lipinski definition) is 3. The van der Waals surface area contributed by atoms with Crippen LogP contribution in [-0.2, 0) is 4.79 Å². The summed E-state index contributed by atoms with van der Waals surface area (Å²) in [4.78, 5) is 23.2. The van der Waals surface area contributed by atoms with Crippen molar-refractivity contribution in [3.8, 4) is 0 Å². The highest BCUT2D eigenvalue weighted by Gasteiger charge is 2.24. The molecule has 1 aliphatic rings. The van der Waals surface area contributed by atoms with Gasteiger partial charge in [-0.25, -0.2) is 0 Å². The highest BCUT2D eigenvalue weighted by Crippen LogP contribution is 2.19. The minimum absolute atomic E-state index is 0. The van der Waals surface area contributed by atoms with Gasteiger partial charge in [0.1, 0.15) is 0 Å². The molecular weight excluding hydrogens is 278 g/mol. The van der Waals surface area contributed by atoms with Crippen LogP contribution < -0.4 is 16.4 Å². The van der Waals surface area contributed by atoms with Crippen molar-refractivity contribution in [3.05, 3.63) is 29.8 Å². The Morgan fingerprint density at radius 3 is 2.80 bits per heavy atom. The number of nitrogens with one attached hydrogen (secondary N) is 2. The number of carbonyl (C=O) groups excluding carboxylic acids is 2. The second-order valence-electron chi connectivity index (χ2n) is 5.01. The van der Waals surface area contributed by atoms with Crippen LogP contribution in [0.1, 0.15) is 30.1 Å². The highest BCUT2D eigenvalue weighted by molar-refractivity contribution is 5.96. The van der Waals surface area contributed by atoms with Crippen LogP contribution in [-0.4, -0.2) is 24.4 Å². The molecule has 2 rings (SSSR count). The largest absolute Gasteiger partial charge is 0.366 e. The van der Waals surface area contributed by atoms with E-state index in [1.165, 1.54) is 0 Å². The number of benzene rings is 1. The monoisotopic (exact) mass is 297 g/mol. The molecule has 0 aromatic heterocycles. The summed E-state index contributed by atoms with van der Waals surface area (Å²) < 4.78 is 0. The summed E-state index contributed by atoms with van der Waals surface area (Å²) in [6.07, 6.45) is 1.67. The molecule has 1 aromatic rings. The van der Waals surface area contributed by atoms with Gasteiger partial charge in [0.2, 0.25) is 11.8 Å². The van der Waals surface area contributed by atoms with Crippen LogP contribution in [0.15, 0.2) is 24.3 Å². The van der Waals surface area contributed by atoms with Crippen molar-refractivity contribution in [3.63, 3.8) is 0 Å². The third kappa shape index (κ3) is 4.21. The Hall–Kier alpha value is -1.59. The second-order valence-corrected chi connectivity index (χ2v) is 5.01. The Balaban J connectivity index is 0.00000200. The van der Waals surface area contributed by atoms with Crippen LogP contribution >= 0.6 is 12.4 Å². The van der Waals surface area contributed by atoms with Crippen LogP contribution in [0, 0.1) is 5.92 Å². The van der Waals surface area contributed by atoms with Crippen LogP contribution in [0.3, 0.4) is 0 Å². The van der Waals surface area contributed by atoms with Crippen molar-refractivity contribution in [1.82, 2.24) is 5.32 Å². The molecule has 1 heterocycles. The lowest BCUT2D eigenvalue weighted by molar-refractivity contribution is -0.120. The molecule has 0 saturated carbocycles. The summed E-state index contributed by atoms with van der Waals surface area (Å²) in [6.45, 7) is 2.94. The molecule has 0 bridgehead atoms. The number of piperidine rings is 1. The summed E-state index contributed by atoms with van der Waals surface area (Å²) in [7, 11) is 0. The molecule has 0 unspecified atom stereocenters. The van der Waals surface area contributed by atoms with E-state index in [4.69, 9.17) is 5.73 Å². The Kier molecular flexibility index (Phi) is 5.98. The van der Waals surface area contributed by atoms with Crippen LogP contribution in [0.2, 0.25) is 0 Å². The van der Waals surface area contributed by atoms with E-state index < -0.39 is 5.91 Å². The summed E-state index contributed by atoms with van der Waals surface area (Å²) in [5, 5.41) is 6.17. The van der Waals surface area contributed by atoms with E-state index in [1.54, 1.807) is 24.3 Å². The first-order valence-electron chi connectivity index (χ1n) is 6.50. The van der Waals surface area contributed by atoms with Gasteiger partial charge in [-0.3, -0.25) is 9.59 Å². The first-order chi connectivity index (χ1) is 9.06. The predicted molar refractivity (Wildman–Crippen MR) is 81.0 cm³/mol. The van der Waals surface area contributed by atoms with Gasteiger partial charge in [0.15, 0.2) is 0 Å². The SMILES string of the molecule is C[C@H]1C[C@@H](C(=O)Nc2cccc(C(N)=O)c2)CCN1.Cl. The zero-order valence-corrected chi connectivity index (χ0v) is 12.2. The molecule has 110 valence electrons. The van der Waals surface area contributed by atoms with Gasteiger partial charge in [0.05, 0.1) is 0 Å². The Labute approximate surface area is 124 Å². The topological polar surface area (TPSA) is 84.2 Å². The number of hydrogen-bond acceptors (Lipinski definition) is 3. The summed E-state index contributed by atoms with van der Waals surface area (Å²) in [5.41, 5.74) is 6.23. The standard InChI is InChI=1S/C14H19N3O2.ClH/c1-9-7-11(5-6-16-9)14(19)17-12-4-2-3-10(8-12)13(15)18;/h2-4,8-9,11,16H,5-7H2,1H3,(H2,15,18)(H,17,19);1H/t9-,11-;/m0./s1. The van der Waals surface area contributed by atoms with Gasteiger partial charge in [-0.2, -0.15) is 0 Å². The number of primary amides is 1. The van der Waals surface area contributed by atoms with E-state index in [-0.39, 0.29) is 24.2 Å². The van der Waals surface area contributed by atoms with Crippen molar-refractivity contribution in [1.29, 1.82) is 0 Å². The number of nitrogens with two attached hydrogens (primary N) is 1. The smallest absolute Gasteiger partial charge is 0.248 e. The minimum Gasteiger partial charge on any atom is -0.366 e. The Morgan fingerprint density at radius 1 is 1.40 bits per heavy atom. The predicted octanol–water partition coefficient (Wildman–Crippen LogP) is 1.53. The molecule has 1 saturated heterocycles. The number of anilines is 1. The average Bonchev–Trinajstić information content (AvgIpc) is 2.39. The molecular formula is C14H20ClN3O2. The molecule has 2 amide bonds. The van der Waals surface area contributed by atoms with Gasteiger partial charge in [-0.05, 0) is 44.5 Å². The molecule has 20 heavy (non-hydrogen) atoms. The zero-order chi connectivity index (χ0) is 13.8. The van der Waals surface area contributed by atoms with Crippen molar-refractivity contribution in [2.45, 2.75) is 25.8 Å². The van der Waals surface area contributed by atoms with Gasteiger partial charge in [-0.1, -0.05) is 6.07 Å². The van der Waals surface area contributed by atoms with E-state index in [0.29, 0.717) is 17.3 Å². The van der Waals surface area contributed by atoms with Gasteiger partial charge in [-0.15, -0.1) is 12.4 Å². The molecule has 4 N–H and O–H groups in total. The molecule has 0 radical (unpaired) electrons. The lowest BCUT2D eigenvalue weighted by Crippen LogP contribution is -2.40. The van der Waals surface area contributed by atoms with Gasteiger partial charge < -0.3 is 16.4 Å². The average molecular weight is 298 g/mol. The normalized spacial score (nSPS) is 21.6. The fourth-order valence-corrected chi connectivity index (χ4v) is 2.36. The first kappa shape index (κ1) is 16.5. The molecule has 2 atom stereocenters. The molecule has 5 nitrogen and oxygen atoms in total. The van der Waals surface area contributed by atoms with Crippen molar-refractivity contribution in [2.24, 2.45) is 11.7 Å². The third-order valence-electron chi connectivity index (χ3n) is 3.41. The van der Waals surface area contributed by atoms with E-state index in [9.17, 15) is 9.59 Å². The second kappa shape index (κ2) is 7.26. The summed E-state index contributed by atoms with van der Waals surface area (Å²) >= 11 is 0. The molecule has 1 fully saturated rings. The quantitative estimate of drug-likeness (QED) is 0.791. The number of carbonyl (C=O) groups is 2. The molecule has 1 aliphatic heterocycles. The van der Waals surface area contributed by atoms with Gasteiger partial charge in [0, 0.05) is 23.2 Å². The summed E-state index contributed by atoms with van der Waals surface area (Å²) in [5.74, 6) is -0.463. The van der Waals surface area contributed by atoms with Crippen LogP contribution in [0.25, 0.3) is 0 Å². The highest BCUT2D eigenvalue weighted by atomic mass is 35.5. The molecule has 0 spiro atoms. The third-order valence-corrected chi connectivity index (χ3v) is 3.41. The first-order valence-corrected chi connectivity index (χ1v) is 6.50. The van der Waals surface area contributed by atoms with E-state index >= 15 is 0 Å². The zero-order valence-electron chi connectivity index (χ0n) is 11.4. The number of rotatable bonds is 3. The summed E-state index contributed by atoms with van der Waals surface area (Å²) in [6, 6.07) is 7.06. The van der Waals surface area contributed by atoms with Crippen molar-refractivity contribution < 1.29 is 9.59 Å². The maximum Gasteiger partial charge on any atom is 0.248 e. The molecule has 0 aliphatic carbocycles. The lowest BCUT2D eigenvalue weighted by Gasteiger charge is -2.27. The Bertz CT molecular complexity index is 493. The minimum atomic E-state index is -0.494. The van der Waals surface area contributed by atoms with Gasteiger partial charge >= 0.3 is 0 Å². The number of halogens is 1. The van der Waals surface area contributed by atoms with E-state index in [0.717, 1.165) is 19.4 Å².